The minimum absolute atomic E-state index is 0.455. The van der Waals surface area contributed by atoms with Gasteiger partial charge in [-0.1, -0.05) is 54.1 Å². The molecule has 1 fully saturated rings. The van der Waals surface area contributed by atoms with Crippen LogP contribution >= 0.6 is 0 Å². The number of ether oxygens (including phenoxy) is 1. The number of hydrogen-bond acceptors (Lipinski definition) is 5. The maximum atomic E-state index is 10.7. The number of benzene rings is 3. The average Bonchev–Trinajstić information content (AvgIpc) is 3.15. The third kappa shape index (κ3) is 3.94. The Hall–Kier alpha value is -2.74. The van der Waals surface area contributed by atoms with Crippen molar-refractivity contribution in [2.24, 2.45) is 0 Å². The van der Waals surface area contributed by atoms with Gasteiger partial charge < -0.3 is 29.7 Å². The summed E-state index contributed by atoms with van der Waals surface area (Å²) in [5.41, 5.74) is 5.38. The molecule has 0 bridgehead atoms. The Morgan fingerprint density at radius 1 is 0.818 bits per heavy atom. The molecule has 0 saturated carbocycles. The van der Waals surface area contributed by atoms with Gasteiger partial charge in [-0.05, 0) is 53.8 Å². The molecular formula is C27H29NO5. The van der Waals surface area contributed by atoms with E-state index in [0.29, 0.717) is 6.42 Å². The summed E-state index contributed by atoms with van der Waals surface area (Å²) in [7, 11) is 0. The minimum atomic E-state index is -1.42. The van der Waals surface area contributed by atoms with Crippen molar-refractivity contribution < 1.29 is 25.2 Å². The molecule has 172 valence electrons. The van der Waals surface area contributed by atoms with Gasteiger partial charge in [0.2, 0.25) is 0 Å². The van der Waals surface area contributed by atoms with Crippen molar-refractivity contribution in [1.82, 2.24) is 4.57 Å². The SMILES string of the molecule is Cc1ccc2cc(Cc3cn([C@@H]4O[C@H](CO)[C@@H](O)[C@H](O)[C@H]4O)c4cc(C)ccc34)ccc2c1. The molecule has 1 aliphatic heterocycles. The molecule has 4 aromatic rings. The van der Waals surface area contributed by atoms with Gasteiger partial charge >= 0.3 is 0 Å². The number of nitrogens with zero attached hydrogens (tertiary/aromatic N) is 1. The lowest BCUT2D eigenvalue weighted by Crippen LogP contribution is -2.56. The molecule has 1 saturated heterocycles. The van der Waals surface area contributed by atoms with Crippen molar-refractivity contribution in [3.63, 3.8) is 0 Å². The molecule has 0 spiro atoms. The third-order valence-corrected chi connectivity index (χ3v) is 6.67. The van der Waals surface area contributed by atoms with Crippen LogP contribution in [-0.2, 0) is 11.2 Å². The van der Waals surface area contributed by atoms with E-state index in [0.717, 1.165) is 22.0 Å². The van der Waals surface area contributed by atoms with Crippen molar-refractivity contribution in [2.75, 3.05) is 6.61 Å². The van der Waals surface area contributed by atoms with Gasteiger partial charge in [0.25, 0.3) is 0 Å². The number of aryl methyl sites for hydroxylation is 2. The second-order valence-corrected chi connectivity index (χ2v) is 9.16. The normalized spacial score (nSPS) is 25.7. The van der Waals surface area contributed by atoms with Crippen molar-refractivity contribution in [3.05, 3.63) is 83.0 Å². The van der Waals surface area contributed by atoms with E-state index >= 15 is 0 Å². The number of rotatable bonds is 4. The molecule has 0 aliphatic carbocycles. The van der Waals surface area contributed by atoms with Gasteiger partial charge in [0.15, 0.2) is 6.23 Å². The first-order valence-corrected chi connectivity index (χ1v) is 11.3. The quantitative estimate of drug-likeness (QED) is 0.386. The number of aliphatic hydroxyl groups is 4. The van der Waals surface area contributed by atoms with Crippen LogP contribution < -0.4 is 0 Å². The molecule has 3 aromatic carbocycles. The van der Waals surface area contributed by atoms with Crippen LogP contribution in [0.4, 0.5) is 0 Å². The van der Waals surface area contributed by atoms with Crippen molar-refractivity contribution in [1.29, 1.82) is 0 Å². The van der Waals surface area contributed by atoms with Gasteiger partial charge in [-0.2, -0.15) is 0 Å². The molecular weight excluding hydrogens is 418 g/mol. The largest absolute Gasteiger partial charge is 0.394 e. The van der Waals surface area contributed by atoms with E-state index in [1.807, 2.05) is 29.8 Å². The molecule has 1 aliphatic rings. The molecule has 1 aromatic heterocycles. The zero-order chi connectivity index (χ0) is 23.3. The summed E-state index contributed by atoms with van der Waals surface area (Å²) in [6.45, 7) is 3.63. The molecule has 5 rings (SSSR count). The monoisotopic (exact) mass is 447 g/mol. The van der Waals surface area contributed by atoms with Crippen molar-refractivity contribution in [2.45, 2.75) is 50.9 Å². The first-order valence-electron chi connectivity index (χ1n) is 11.3. The van der Waals surface area contributed by atoms with Crippen LogP contribution in [-0.4, -0.2) is 56.0 Å². The van der Waals surface area contributed by atoms with E-state index in [1.165, 1.54) is 21.9 Å². The van der Waals surface area contributed by atoms with Gasteiger partial charge in [-0.3, -0.25) is 0 Å². The van der Waals surface area contributed by atoms with Crippen LogP contribution in [0, 0.1) is 13.8 Å². The van der Waals surface area contributed by atoms with Gasteiger partial charge in [-0.15, -0.1) is 0 Å². The van der Waals surface area contributed by atoms with Gasteiger partial charge in [0.05, 0.1) is 12.1 Å². The van der Waals surface area contributed by atoms with Crippen LogP contribution in [0.2, 0.25) is 0 Å². The Kier molecular flexibility index (Phi) is 5.72. The molecule has 4 N–H and O–H groups in total. The summed E-state index contributed by atoms with van der Waals surface area (Å²) in [5, 5.41) is 44.2. The molecule has 0 radical (unpaired) electrons. The second kappa shape index (κ2) is 8.56. The van der Waals surface area contributed by atoms with E-state index in [-0.39, 0.29) is 0 Å². The first-order chi connectivity index (χ1) is 15.9. The van der Waals surface area contributed by atoms with E-state index in [9.17, 15) is 20.4 Å². The predicted molar refractivity (Wildman–Crippen MR) is 127 cm³/mol. The van der Waals surface area contributed by atoms with Crippen LogP contribution in [0.25, 0.3) is 21.7 Å². The zero-order valence-electron chi connectivity index (χ0n) is 18.7. The van der Waals surface area contributed by atoms with Gasteiger partial charge in [0, 0.05) is 11.6 Å². The Balaban J connectivity index is 1.56. The average molecular weight is 448 g/mol. The summed E-state index contributed by atoms with van der Waals surface area (Å²) in [5.74, 6) is 0. The summed E-state index contributed by atoms with van der Waals surface area (Å²) < 4.78 is 7.66. The molecule has 6 nitrogen and oxygen atoms in total. The van der Waals surface area contributed by atoms with Crippen LogP contribution in [0.1, 0.15) is 28.5 Å². The van der Waals surface area contributed by atoms with Crippen LogP contribution in [0.15, 0.2) is 60.8 Å². The summed E-state index contributed by atoms with van der Waals surface area (Å²) in [6.07, 6.45) is -3.40. The summed E-state index contributed by atoms with van der Waals surface area (Å²) >= 11 is 0. The number of fused-ring (bicyclic) bond motifs is 2. The van der Waals surface area contributed by atoms with Crippen molar-refractivity contribution >= 4 is 21.7 Å². The summed E-state index contributed by atoms with van der Waals surface area (Å²) in [6, 6.07) is 19.0. The molecule has 2 heterocycles. The summed E-state index contributed by atoms with van der Waals surface area (Å²) in [4.78, 5) is 0. The van der Waals surface area contributed by atoms with Crippen LogP contribution in [0.3, 0.4) is 0 Å². The van der Waals surface area contributed by atoms with E-state index in [4.69, 9.17) is 4.74 Å². The Morgan fingerprint density at radius 3 is 2.30 bits per heavy atom. The van der Waals surface area contributed by atoms with E-state index in [1.54, 1.807) is 0 Å². The fourth-order valence-corrected chi connectivity index (χ4v) is 4.84. The molecule has 33 heavy (non-hydrogen) atoms. The lowest BCUT2D eigenvalue weighted by atomic mass is 9.98. The lowest BCUT2D eigenvalue weighted by Gasteiger charge is -2.40. The minimum Gasteiger partial charge on any atom is -0.394 e. The number of aromatic nitrogens is 1. The Morgan fingerprint density at radius 2 is 1.52 bits per heavy atom. The number of hydrogen-bond donors (Lipinski definition) is 4. The fourth-order valence-electron chi connectivity index (χ4n) is 4.84. The highest BCUT2D eigenvalue weighted by molar-refractivity contribution is 5.86. The molecule has 0 amide bonds. The van der Waals surface area contributed by atoms with E-state index in [2.05, 4.69) is 49.4 Å². The predicted octanol–water partition coefficient (Wildman–Crippen LogP) is 2.97. The highest BCUT2D eigenvalue weighted by atomic mass is 16.6. The third-order valence-electron chi connectivity index (χ3n) is 6.67. The lowest BCUT2D eigenvalue weighted by molar-refractivity contribution is -0.250. The highest BCUT2D eigenvalue weighted by Gasteiger charge is 2.44. The smallest absolute Gasteiger partial charge is 0.163 e. The second-order valence-electron chi connectivity index (χ2n) is 9.16. The Bertz CT molecular complexity index is 1310. The maximum absolute atomic E-state index is 10.7. The standard InChI is InChI=1S/C27H29NO5/c1-15-3-6-19-11-17(5-7-18(19)9-15)12-20-13-28(22-10-16(2)4-8-21(20)22)27-26(32)25(31)24(30)23(14-29)33-27/h3-11,13,23-27,29-32H,12,14H2,1-2H3/t23-,24-,25+,26-,27-/m1/s1. The topological polar surface area (TPSA) is 95.1 Å². The molecule has 5 atom stereocenters. The molecule has 0 unspecified atom stereocenters. The Labute approximate surface area is 192 Å². The first kappa shape index (κ1) is 22.1. The zero-order valence-corrected chi connectivity index (χ0v) is 18.7. The number of aliphatic hydroxyl groups excluding tert-OH is 4. The van der Waals surface area contributed by atoms with Crippen LogP contribution in [0.5, 0.6) is 0 Å². The van der Waals surface area contributed by atoms with Crippen molar-refractivity contribution in [3.8, 4) is 0 Å². The van der Waals surface area contributed by atoms with Gasteiger partial charge in [-0.25, -0.2) is 0 Å². The fraction of sp³-hybridized carbons (Fsp3) is 0.333. The molecule has 6 heteroatoms. The van der Waals surface area contributed by atoms with Gasteiger partial charge in [0.1, 0.15) is 24.4 Å². The maximum Gasteiger partial charge on any atom is 0.163 e. The van der Waals surface area contributed by atoms with E-state index < -0.39 is 37.3 Å². The highest BCUT2D eigenvalue weighted by Crippen LogP contribution is 2.34.